The van der Waals surface area contributed by atoms with Crippen molar-refractivity contribution >= 4 is 15.9 Å². The summed E-state index contributed by atoms with van der Waals surface area (Å²) in [4.78, 5) is 0. The maximum atomic E-state index is 3.71. The average molecular weight is 273 g/mol. The van der Waals surface area contributed by atoms with Crippen molar-refractivity contribution in [2.45, 2.75) is 52.9 Å². The van der Waals surface area contributed by atoms with Crippen LogP contribution in [0.25, 0.3) is 0 Å². The van der Waals surface area contributed by atoms with Crippen molar-refractivity contribution in [3.63, 3.8) is 0 Å². The number of alkyl halides is 1. The highest BCUT2D eigenvalue weighted by atomic mass is 79.9. The zero-order valence-corrected chi connectivity index (χ0v) is 12.0. The second-order valence-corrected chi connectivity index (χ2v) is 7.54. The largest absolute Gasteiger partial charge is 0.0925 e. The number of halogens is 1. The lowest BCUT2D eigenvalue weighted by molar-refractivity contribution is 0.186. The van der Waals surface area contributed by atoms with Gasteiger partial charge in [-0.3, -0.25) is 0 Å². The van der Waals surface area contributed by atoms with E-state index in [0.717, 1.165) is 23.7 Å². The number of fused-ring (bicyclic) bond motifs is 2. The lowest BCUT2D eigenvalue weighted by atomic mass is 9.73. The van der Waals surface area contributed by atoms with Crippen LogP contribution in [0.15, 0.2) is 0 Å². The minimum absolute atomic E-state index is 0.478. The van der Waals surface area contributed by atoms with Crippen molar-refractivity contribution in [3.05, 3.63) is 0 Å². The molecule has 2 rings (SSSR count). The normalized spacial score (nSPS) is 37.2. The molecule has 0 N–H and O–H groups in total. The maximum Gasteiger partial charge on any atom is 0.00647 e. The van der Waals surface area contributed by atoms with E-state index in [1.54, 1.807) is 12.8 Å². The molecular formula is C14H25Br. The Morgan fingerprint density at radius 2 is 1.93 bits per heavy atom. The van der Waals surface area contributed by atoms with Gasteiger partial charge >= 0.3 is 0 Å². The smallest absolute Gasteiger partial charge is 0.00647 e. The predicted octanol–water partition coefficient (Wildman–Crippen LogP) is 4.87. The predicted molar refractivity (Wildman–Crippen MR) is 70.3 cm³/mol. The van der Waals surface area contributed by atoms with Crippen molar-refractivity contribution in [3.8, 4) is 0 Å². The molecule has 0 heterocycles. The van der Waals surface area contributed by atoms with Crippen LogP contribution in [0.3, 0.4) is 0 Å². The molecule has 2 saturated carbocycles. The monoisotopic (exact) mass is 272 g/mol. The van der Waals surface area contributed by atoms with Crippen molar-refractivity contribution in [2.24, 2.45) is 29.1 Å². The molecule has 2 aliphatic rings. The summed E-state index contributed by atoms with van der Waals surface area (Å²) in [5.41, 5.74) is 0.478. The highest BCUT2D eigenvalue weighted by Crippen LogP contribution is 2.51. The minimum Gasteiger partial charge on any atom is -0.0925 e. The fourth-order valence-corrected chi connectivity index (χ4v) is 4.91. The van der Waals surface area contributed by atoms with Gasteiger partial charge in [-0.05, 0) is 54.8 Å². The Bertz CT molecular complexity index is 216. The summed E-state index contributed by atoms with van der Waals surface area (Å²) in [6, 6.07) is 0. The van der Waals surface area contributed by atoms with E-state index in [2.05, 4.69) is 36.7 Å². The van der Waals surface area contributed by atoms with Gasteiger partial charge < -0.3 is 0 Å². The summed E-state index contributed by atoms with van der Waals surface area (Å²) in [5.74, 6) is 4.13. The van der Waals surface area contributed by atoms with E-state index < -0.39 is 0 Å². The molecule has 1 heteroatoms. The van der Waals surface area contributed by atoms with E-state index in [0.29, 0.717) is 5.41 Å². The lowest BCUT2D eigenvalue weighted by Crippen LogP contribution is -2.26. The molecule has 0 nitrogen and oxygen atoms in total. The first-order valence-electron chi connectivity index (χ1n) is 6.56. The Balaban J connectivity index is 1.90. The molecule has 0 aromatic rings. The molecule has 2 aliphatic carbocycles. The molecule has 4 atom stereocenters. The molecule has 0 radical (unpaired) electrons. The van der Waals surface area contributed by atoms with Crippen LogP contribution in [0.5, 0.6) is 0 Å². The summed E-state index contributed by atoms with van der Waals surface area (Å²) in [5, 5.41) is 1.18. The summed E-state index contributed by atoms with van der Waals surface area (Å²) in [6.07, 6.45) is 7.65. The van der Waals surface area contributed by atoms with Crippen LogP contribution in [0.1, 0.15) is 52.9 Å². The summed E-state index contributed by atoms with van der Waals surface area (Å²) >= 11 is 3.71. The van der Waals surface area contributed by atoms with Gasteiger partial charge in [-0.15, -0.1) is 0 Å². The van der Waals surface area contributed by atoms with Gasteiger partial charge in [0, 0.05) is 5.33 Å². The number of rotatable bonds is 3. The third kappa shape index (κ3) is 2.60. The standard InChI is InChI=1S/C14H25Br/c1-14(2,3)13(9-15)8-12-7-10-4-5-11(12)6-10/h10-13H,4-9H2,1-3H3. The molecule has 15 heavy (non-hydrogen) atoms. The third-order valence-corrected chi connectivity index (χ3v) is 5.66. The fraction of sp³-hybridized carbons (Fsp3) is 1.00. The molecule has 88 valence electrons. The second kappa shape index (κ2) is 4.39. The van der Waals surface area contributed by atoms with Gasteiger partial charge in [0.1, 0.15) is 0 Å². The molecule has 0 aromatic carbocycles. The van der Waals surface area contributed by atoms with Crippen molar-refractivity contribution < 1.29 is 0 Å². The van der Waals surface area contributed by atoms with Crippen LogP contribution < -0.4 is 0 Å². The molecule has 4 unspecified atom stereocenters. The molecule has 0 spiro atoms. The first-order valence-corrected chi connectivity index (χ1v) is 7.68. The van der Waals surface area contributed by atoms with Crippen LogP contribution in [0.4, 0.5) is 0 Å². The number of hydrogen-bond acceptors (Lipinski definition) is 0. The topological polar surface area (TPSA) is 0 Å². The molecule has 0 aliphatic heterocycles. The van der Waals surface area contributed by atoms with E-state index in [1.165, 1.54) is 24.6 Å². The minimum atomic E-state index is 0.478. The van der Waals surface area contributed by atoms with E-state index >= 15 is 0 Å². The van der Waals surface area contributed by atoms with Crippen molar-refractivity contribution in [1.82, 2.24) is 0 Å². The Hall–Kier alpha value is 0.480. The van der Waals surface area contributed by atoms with Gasteiger partial charge in [0.25, 0.3) is 0 Å². The Kier molecular flexibility index (Phi) is 3.50. The van der Waals surface area contributed by atoms with Crippen LogP contribution in [-0.2, 0) is 0 Å². The van der Waals surface area contributed by atoms with E-state index in [9.17, 15) is 0 Å². The molecule has 2 fully saturated rings. The zero-order chi connectivity index (χ0) is 11.1. The summed E-state index contributed by atoms with van der Waals surface area (Å²) in [6.45, 7) is 7.18. The number of hydrogen-bond donors (Lipinski definition) is 0. The Morgan fingerprint density at radius 3 is 2.33 bits per heavy atom. The molecule has 2 bridgehead atoms. The van der Waals surface area contributed by atoms with Crippen LogP contribution >= 0.6 is 15.9 Å². The molecule has 0 saturated heterocycles. The highest BCUT2D eigenvalue weighted by molar-refractivity contribution is 9.09. The average Bonchev–Trinajstić information content (AvgIpc) is 2.72. The van der Waals surface area contributed by atoms with Crippen molar-refractivity contribution in [1.29, 1.82) is 0 Å². The van der Waals surface area contributed by atoms with E-state index in [1.807, 2.05) is 0 Å². The summed E-state index contributed by atoms with van der Waals surface area (Å²) < 4.78 is 0. The van der Waals surface area contributed by atoms with E-state index in [4.69, 9.17) is 0 Å². The Labute approximate surface area is 103 Å². The van der Waals surface area contributed by atoms with E-state index in [-0.39, 0.29) is 0 Å². The lowest BCUT2D eigenvalue weighted by Gasteiger charge is -2.34. The molecule has 0 aromatic heterocycles. The molecule has 0 amide bonds. The van der Waals surface area contributed by atoms with Gasteiger partial charge in [-0.2, -0.15) is 0 Å². The first kappa shape index (κ1) is 12.0. The fourth-order valence-electron chi connectivity index (χ4n) is 3.68. The van der Waals surface area contributed by atoms with Gasteiger partial charge in [0.15, 0.2) is 0 Å². The Morgan fingerprint density at radius 1 is 1.20 bits per heavy atom. The van der Waals surface area contributed by atoms with Gasteiger partial charge in [-0.1, -0.05) is 43.1 Å². The summed E-state index contributed by atoms with van der Waals surface area (Å²) in [7, 11) is 0. The van der Waals surface area contributed by atoms with Gasteiger partial charge in [0.05, 0.1) is 0 Å². The quantitative estimate of drug-likeness (QED) is 0.643. The van der Waals surface area contributed by atoms with Gasteiger partial charge in [-0.25, -0.2) is 0 Å². The first-order chi connectivity index (χ1) is 7.00. The van der Waals surface area contributed by atoms with Crippen LogP contribution in [0, 0.1) is 29.1 Å². The molecular weight excluding hydrogens is 248 g/mol. The van der Waals surface area contributed by atoms with Crippen LogP contribution in [0.2, 0.25) is 0 Å². The highest BCUT2D eigenvalue weighted by Gasteiger charge is 2.41. The third-order valence-electron chi connectivity index (χ3n) is 4.88. The van der Waals surface area contributed by atoms with Gasteiger partial charge in [0.2, 0.25) is 0 Å². The van der Waals surface area contributed by atoms with Crippen molar-refractivity contribution in [2.75, 3.05) is 5.33 Å². The maximum absolute atomic E-state index is 3.71. The second-order valence-electron chi connectivity index (χ2n) is 6.89. The SMILES string of the molecule is CC(C)(C)C(CBr)CC1CC2CCC1C2. The zero-order valence-electron chi connectivity index (χ0n) is 10.4. The van der Waals surface area contributed by atoms with Crippen LogP contribution in [-0.4, -0.2) is 5.33 Å².